The second kappa shape index (κ2) is 9.58. The fourth-order valence-corrected chi connectivity index (χ4v) is 1.85. The molecule has 0 saturated carbocycles. The van der Waals surface area contributed by atoms with Crippen molar-refractivity contribution in [1.29, 1.82) is 0 Å². The smallest absolute Gasteiger partial charge is 0.223 e. The molecular formula is C14H20ClNO4. The first-order chi connectivity index (χ1) is 9.65. The molecule has 1 aromatic rings. The highest BCUT2D eigenvalue weighted by molar-refractivity contribution is 6.30. The number of amides is 1. The lowest BCUT2D eigenvalue weighted by molar-refractivity contribution is -0.122. The lowest BCUT2D eigenvalue weighted by Gasteiger charge is -2.16. The molecule has 112 valence electrons. The summed E-state index contributed by atoms with van der Waals surface area (Å²) in [6.45, 7) is 0.653. The molecule has 1 amide bonds. The summed E-state index contributed by atoms with van der Waals surface area (Å²) < 4.78 is 10.4. The standard InChI is InChI=1S/C14H20ClNO4/c1-19-10-12(5-7-17)16-14(18)6-8-20-13-4-2-3-11(15)9-13/h2-4,9,12,17H,5-8,10H2,1H3,(H,16,18). The predicted molar refractivity (Wildman–Crippen MR) is 77.1 cm³/mol. The Hall–Kier alpha value is -1.30. The van der Waals surface area contributed by atoms with Gasteiger partial charge in [0.15, 0.2) is 0 Å². The molecule has 0 bridgehead atoms. The number of carbonyl (C=O) groups excluding carboxylic acids is 1. The van der Waals surface area contributed by atoms with E-state index in [0.29, 0.717) is 23.8 Å². The van der Waals surface area contributed by atoms with Gasteiger partial charge in [-0.2, -0.15) is 0 Å². The summed E-state index contributed by atoms with van der Waals surface area (Å²) in [6.07, 6.45) is 0.701. The molecule has 1 atom stereocenters. The first-order valence-corrected chi connectivity index (χ1v) is 6.81. The number of benzene rings is 1. The third-order valence-corrected chi connectivity index (χ3v) is 2.84. The largest absolute Gasteiger partial charge is 0.493 e. The van der Waals surface area contributed by atoms with Crippen molar-refractivity contribution in [2.45, 2.75) is 18.9 Å². The Morgan fingerprint density at radius 3 is 2.95 bits per heavy atom. The highest BCUT2D eigenvalue weighted by Crippen LogP contribution is 2.17. The van der Waals surface area contributed by atoms with Gasteiger partial charge in [-0.15, -0.1) is 0 Å². The number of aliphatic hydroxyl groups is 1. The van der Waals surface area contributed by atoms with Crippen molar-refractivity contribution in [2.75, 3.05) is 26.9 Å². The molecule has 6 heteroatoms. The summed E-state index contributed by atoms with van der Waals surface area (Å²) in [5, 5.41) is 12.3. The maximum atomic E-state index is 11.7. The molecule has 0 radical (unpaired) electrons. The molecule has 5 nitrogen and oxygen atoms in total. The van der Waals surface area contributed by atoms with E-state index in [2.05, 4.69) is 5.32 Å². The lowest BCUT2D eigenvalue weighted by atomic mass is 10.2. The average Bonchev–Trinajstić information content (AvgIpc) is 2.39. The van der Waals surface area contributed by atoms with E-state index >= 15 is 0 Å². The molecule has 0 spiro atoms. The van der Waals surface area contributed by atoms with Crippen LogP contribution in [0.1, 0.15) is 12.8 Å². The predicted octanol–water partition coefficient (Wildman–Crippen LogP) is 1.62. The van der Waals surface area contributed by atoms with Gasteiger partial charge in [0.1, 0.15) is 5.75 Å². The van der Waals surface area contributed by atoms with Crippen LogP contribution in [0.15, 0.2) is 24.3 Å². The fraction of sp³-hybridized carbons (Fsp3) is 0.500. The molecule has 20 heavy (non-hydrogen) atoms. The molecule has 1 rings (SSSR count). The Morgan fingerprint density at radius 2 is 2.30 bits per heavy atom. The maximum absolute atomic E-state index is 11.7. The molecule has 0 aromatic heterocycles. The van der Waals surface area contributed by atoms with E-state index in [9.17, 15) is 4.79 Å². The zero-order valence-corrected chi connectivity index (χ0v) is 12.2. The van der Waals surface area contributed by atoms with E-state index < -0.39 is 0 Å². The van der Waals surface area contributed by atoms with Crippen LogP contribution in [0.4, 0.5) is 0 Å². The van der Waals surface area contributed by atoms with Gasteiger partial charge in [0.25, 0.3) is 0 Å². The topological polar surface area (TPSA) is 67.8 Å². The Bertz CT molecular complexity index is 408. The SMILES string of the molecule is COCC(CCO)NC(=O)CCOc1cccc(Cl)c1. The van der Waals surface area contributed by atoms with Gasteiger partial charge in [-0.1, -0.05) is 17.7 Å². The molecule has 0 saturated heterocycles. The monoisotopic (exact) mass is 301 g/mol. The Morgan fingerprint density at radius 1 is 1.50 bits per heavy atom. The fourth-order valence-electron chi connectivity index (χ4n) is 1.67. The van der Waals surface area contributed by atoms with Crippen LogP contribution < -0.4 is 10.1 Å². The van der Waals surface area contributed by atoms with E-state index in [1.54, 1.807) is 31.4 Å². The molecular weight excluding hydrogens is 282 g/mol. The van der Waals surface area contributed by atoms with Gasteiger partial charge in [-0.3, -0.25) is 4.79 Å². The van der Waals surface area contributed by atoms with Crippen molar-refractivity contribution in [3.8, 4) is 5.75 Å². The Balaban J connectivity index is 2.28. The third kappa shape index (κ3) is 6.75. The van der Waals surface area contributed by atoms with Crippen LogP contribution >= 0.6 is 11.6 Å². The Labute approximate surface area is 123 Å². The maximum Gasteiger partial charge on any atom is 0.223 e. The highest BCUT2D eigenvalue weighted by Gasteiger charge is 2.11. The van der Waals surface area contributed by atoms with Crippen molar-refractivity contribution >= 4 is 17.5 Å². The van der Waals surface area contributed by atoms with Gasteiger partial charge < -0.3 is 19.9 Å². The van der Waals surface area contributed by atoms with E-state index in [1.165, 1.54) is 0 Å². The van der Waals surface area contributed by atoms with Crippen molar-refractivity contribution in [3.63, 3.8) is 0 Å². The number of nitrogens with one attached hydrogen (secondary N) is 1. The average molecular weight is 302 g/mol. The minimum Gasteiger partial charge on any atom is -0.493 e. The molecule has 2 N–H and O–H groups in total. The van der Waals surface area contributed by atoms with Crippen LogP contribution in [0.2, 0.25) is 5.02 Å². The number of rotatable bonds is 9. The number of ether oxygens (including phenoxy) is 2. The van der Waals surface area contributed by atoms with Crippen molar-refractivity contribution < 1.29 is 19.4 Å². The van der Waals surface area contributed by atoms with Crippen LogP contribution in [0.5, 0.6) is 5.75 Å². The first-order valence-electron chi connectivity index (χ1n) is 6.43. The lowest BCUT2D eigenvalue weighted by Crippen LogP contribution is -2.39. The zero-order chi connectivity index (χ0) is 14.8. The van der Waals surface area contributed by atoms with Crippen LogP contribution in [-0.4, -0.2) is 44.0 Å². The number of carbonyl (C=O) groups is 1. The normalized spacial score (nSPS) is 11.9. The summed E-state index contributed by atoms with van der Waals surface area (Å²) in [7, 11) is 1.55. The van der Waals surface area contributed by atoms with E-state index in [0.717, 1.165) is 0 Å². The minimum absolute atomic E-state index is 0.00726. The highest BCUT2D eigenvalue weighted by atomic mass is 35.5. The quantitative estimate of drug-likeness (QED) is 0.727. The molecule has 0 aliphatic carbocycles. The molecule has 1 unspecified atom stereocenters. The number of hydrogen-bond acceptors (Lipinski definition) is 4. The van der Waals surface area contributed by atoms with Crippen LogP contribution in [-0.2, 0) is 9.53 Å². The number of halogens is 1. The van der Waals surface area contributed by atoms with E-state index in [-0.39, 0.29) is 31.6 Å². The minimum atomic E-state index is -0.177. The first kappa shape index (κ1) is 16.8. The van der Waals surface area contributed by atoms with Gasteiger partial charge in [0, 0.05) is 18.7 Å². The molecule has 1 aromatic carbocycles. The number of hydrogen-bond donors (Lipinski definition) is 2. The molecule has 0 fully saturated rings. The van der Waals surface area contributed by atoms with Crippen LogP contribution in [0, 0.1) is 0 Å². The third-order valence-electron chi connectivity index (χ3n) is 2.60. The summed E-state index contributed by atoms with van der Waals surface area (Å²) in [4.78, 5) is 11.7. The second-order valence-corrected chi connectivity index (χ2v) is 4.72. The number of methoxy groups -OCH3 is 1. The van der Waals surface area contributed by atoms with Crippen LogP contribution in [0.3, 0.4) is 0 Å². The van der Waals surface area contributed by atoms with Crippen molar-refractivity contribution in [1.82, 2.24) is 5.32 Å². The number of aliphatic hydroxyl groups excluding tert-OH is 1. The van der Waals surface area contributed by atoms with Gasteiger partial charge in [0.2, 0.25) is 5.91 Å². The summed E-state index contributed by atoms with van der Waals surface area (Å²) in [6, 6.07) is 6.84. The summed E-state index contributed by atoms with van der Waals surface area (Å²) in [5.74, 6) is 0.497. The summed E-state index contributed by atoms with van der Waals surface area (Å²) >= 11 is 5.83. The van der Waals surface area contributed by atoms with Crippen molar-refractivity contribution in [3.05, 3.63) is 29.3 Å². The van der Waals surface area contributed by atoms with Gasteiger partial charge in [-0.05, 0) is 24.6 Å². The van der Waals surface area contributed by atoms with Crippen LogP contribution in [0.25, 0.3) is 0 Å². The Kier molecular flexibility index (Phi) is 8.02. The second-order valence-electron chi connectivity index (χ2n) is 4.29. The van der Waals surface area contributed by atoms with Gasteiger partial charge in [0.05, 0.1) is 25.7 Å². The van der Waals surface area contributed by atoms with E-state index in [1.807, 2.05) is 0 Å². The van der Waals surface area contributed by atoms with Crippen molar-refractivity contribution in [2.24, 2.45) is 0 Å². The summed E-state index contributed by atoms with van der Waals surface area (Å²) in [5.41, 5.74) is 0. The van der Waals surface area contributed by atoms with E-state index in [4.69, 9.17) is 26.2 Å². The van der Waals surface area contributed by atoms with Gasteiger partial charge >= 0.3 is 0 Å². The molecule has 0 aliphatic heterocycles. The molecule has 0 heterocycles. The molecule has 0 aliphatic rings. The zero-order valence-electron chi connectivity index (χ0n) is 11.5. The van der Waals surface area contributed by atoms with Gasteiger partial charge in [-0.25, -0.2) is 0 Å².